The van der Waals surface area contributed by atoms with Crippen LogP contribution in [0.4, 0.5) is 8.78 Å². The monoisotopic (exact) mass is 320 g/mol. The fraction of sp³-hybridized carbons (Fsp3) is 0.294. The van der Waals surface area contributed by atoms with Gasteiger partial charge >= 0.3 is 0 Å². The number of benzene rings is 1. The molecule has 2 N–H and O–H groups in total. The summed E-state index contributed by atoms with van der Waals surface area (Å²) in [5, 5.41) is 12.9. The van der Waals surface area contributed by atoms with Gasteiger partial charge in [0.2, 0.25) is 5.91 Å². The number of carbonyl (C=O) groups excluding carboxylic acids is 1. The van der Waals surface area contributed by atoms with Gasteiger partial charge in [0.05, 0.1) is 6.54 Å². The Balaban J connectivity index is 1.89. The molecule has 122 valence electrons. The average molecular weight is 320 g/mol. The number of halogens is 2. The highest BCUT2D eigenvalue weighted by Crippen LogP contribution is 2.23. The van der Waals surface area contributed by atoms with Gasteiger partial charge in [-0.1, -0.05) is 6.07 Å². The Bertz CT molecular complexity index is 676. The summed E-state index contributed by atoms with van der Waals surface area (Å²) in [5.41, 5.74) is -0.704. The van der Waals surface area contributed by atoms with Crippen LogP contribution in [-0.2, 0) is 16.8 Å². The van der Waals surface area contributed by atoms with Crippen LogP contribution < -0.4 is 5.32 Å². The van der Waals surface area contributed by atoms with Crippen LogP contribution in [0.1, 0.15) is 24.5 Å². The van der Waals surface area contributed by atoms with E-state index in [1.165, 1.54) is 13.0 Å². The van der Waals surface area contributed by atoms with E-state index < -0.39 is 17.2 Å². The van der Waals surface area contributed by atoms with Gasteiger partial charge in [-0.3, -0.25) is 9.78 Å². The molecule has 0 aliphatic carbocycles. The molecule has 23 heavy (non-hydrogen) atoms. The van der Waals surface area contributed by atoms with E-state index in [0.717, 1.165) is 11.6 Å². The minimum atomic E-state index is -1.62. The number of hydrogen-bond acceptors (Lipinski definition) is 3. The third kappa shape index (κ3) is 4.82. The van der Waals surface area contributed by atoms with Crippen molar-refractivity contribution in [3.05, 3.63) is 65.5 Å². The Kier molecular flexibility index (Phi) is 5.39. The van der Waals surface area contributed by atoms with E-state index in [9.17, 15) is 18.7 Å². The van der Waals surface area contributed by atoms with Crippen LogP contribution in [0.25, 0.3) is 0 Å². The predicted octanol–water partition coefficient (Wildman–Crippen LogP) is 2.32. The molecule has 1 aromatic heterocycles. The van der Waals surface area contributed by atoms with Gasteiger partial charge in [0.15, 0.2) is 0 Å². The van der Waals surface area contributed by atoms with Crippen molar-refractivity contribution in [3.63, 3.8) is 0 Å². The first-order valence-corrected chi connectivity index (χ1v) is 7.22. The molecule has 1 aromatic carbocycles. The lowest BCUT2D eigenvalue weighted by Gasteiger charge is -2.24. The van der Waals surface area contributed by atoms with Gasteiger partial charge in [-0.15, -0.1) is 0 Å². The largest absolute Gasteiger partial charge is 0.383 e. The van der Waals surface area contributed by atoms with Crippen LogP contribution in [0, 0.1) is 11.6 Å². The quantitative estimate of drug-likeness (QED) is 0.858. The number of aliphatic hydroxyl groups is 1. The number of pyridine rings is 1. The Morgan fingerprint density at radius 2 is 1.96 bits per heavy atom. The molecule has 0 aliphatic heterocycles. The number of amides is 1. The second kappa shape index (κ2) is 7.28. The van der Waals surface area contributed by atoms with E-state index in [0.29, 0.717) is 12.5 Å². The summed E-state index contributed by atoms with van der Waals surface area (Å²) >= 11 is 0. The third-order valence-electron chi connectivity index (χ3n) is 3.53. The Morgan fingerprint density at radius 1 is 1.26 bits per heavy atom. The van der Waals surface area contributed by atoms with Gasteiger partial charge < -0.3 is 10.4 Å². The fourth-order valence-electron chi connectivity index (χ4n) is 2.19. The lowest BCUT2D eigenvalue weighted by atomic mass is 9.95. The number of nitrogens with zero attached hydrogens (tertiary/aromatic N) is 1. The van der Waals surface area contributed by atoms with Crippen LogP contribution in [0.2, 0.25) is 0 Å². The molecule has 6 heteroatoms. The molecule has 0 saturated heterocycles. The third-order valence-corrected chi connectivity index (χ3v) is 3.53. The van der Waals surface area contributed by atoms with E-state index in [-0.39, 0.29) is 24.4 Å². The number of aromatic nitrogens is 1. The Labute approximate surface area is 133 Å². The van der Waals surface area contributed by atoms with E-state index in [1.54, 1.807) is 12.4 Å². The Morgan fingerprint density at radius 3 is 2.61 bits per heavy atom. The fourth-order valence-corrected chi connectivity index (χ4v) is 2.19. The van der Waals surface area contributed by atoms with Gasteiger partial charge in [0.25, 0.3) is 0 Å². The summed E-state index contributed by atoms with van der Waals surface area (Å²) < 4.78 is 26.6. The second-order valence-electron chi connectivity index (χ2n) is 5.53. The number of aryl methyl sites for hydroxylation is 1. The van der Waals surface area contributed by atoms with Gasteiger partial charge in [-0.2, -0.15) is 0 Å². The summed E-state index contributed by atoms with van der Waals surface area (Å²) in [4.78, 5) is 15.7. The van der Waals surface area contributed by atoms with Crippen molar-refractivity contribution in [2.75, 3.05) is 6.54 Å². The number of carbonyl (C=O) groups is 1. The lowest BCUT2D eigenvalue weighted by molar-refractivity contribution is -0.122. The maximum atomic E-state index is 13.7. The minimum absolute atomic E-state index is 0.0617. The molecule has 1 amide bonds. The van der Waals surface area contributed by atoms with Crippen molar-refractivity contribution in [2.45, 2.75) is 25.4 Å². The van der Waals surface area contributed by atoms with Crippen molar-refractivity contribution in [3.8, 4) is 0 Å². The molecule has 0 spiro atoms. The summed E-state index contributed by atoms with van der Waals surface area (Å²) in [6.45, 7) is 1.21. The van der Waals surface area contributed by atoms with Crippen LogP contribution in [0.5, 0.6) is 0 Å². The standard InChI is InChI=1S/C17H18F2N2O2/c1-17(23,14-4-3-13(18)10-15(14)19)11-21-16(22)5-2-12-6-8-20-9-7-12/h3-4,6-10,23H,2,5,11H2,1H3,(H,21,22). The zero-order valence-corrected chi connectivity index (χ0v) is 12.7. The van der Waals surface area contributed by atoms with E-state index in [1.807, 2.05) is 12.1 Å². The van der Waals surface area contributed by atoms with Crippen LogP contribution in [-0.4, -0.2) is 22.5 Å². The van der Waals surface area contributed by atoms with Crippen LogP contribution in [0.3, 0.4) is 0 Å². The highest BCUT2D eigenvalue weighted by atomic mass is 19.1. The van der Waals surface area contributed by atoms with Crippen molar-refractivity contribution in [2.24, 2.45) is 0 Å². The van der Waals surface area contributed by atoms with Crippen LogP contribution >= 0.6 is 0 Å². The molecular formula is C17H18F2N2O2. The zero-order chi connectivity index (χ0) is 16.9. The minimum Gasteiger partial charge on any atom is -0.383 e. The van der Waals surface area contributed by atoms with Crippen molar-refractivity contribution in [1.29, 1.82) is 0 Å². The van der Waals surface area contributed by atoms with Crippen molar-refractivity contribution >= 4 is 5.91 Å². The molecule has 2 aromatic rings. The SMILES string of the molecule is CC(O)(CNC(=O)CCc1ccncc1)c1ccc(F)cc1F. The molecule has 0 aliphatic rings. The summed E-state index contributed by atoms with van der Waals surface area (Å²) in [5.74, 6) is -1.82. The number of nitrogens with one attached hydrogen (secondary N) is 1. The lowest BCUT2D eigenvalue weighted by Crippen LogP contribution is -2.39. The highest BCUT2D eigenvalue weighted by Gasteiger charge is 2.27. The molecule has 1 atom stereocenters. The average Bonchev–Trinajstić information content (AvgIpc) is 2.51. The molecule has 0 bridgehead atoms. The van der Waals surface area contributed by atoms with Gasteiger partial charge in [0.1, 0.15) is 17.2 Å². The molecule has 4 nitrogen and oxygen atoms in total. The van der Waals surface area contributed by atoms with E-state index in [4.69, 9.17) is 0 Å². The molecule has 0 radical (unpaired) electrons. The first-order valence-electron chi connectivity index (χ1n) is 7.22. The van der Waals surface area contributed by atoms with Crippen LogP contribution in [0.15, 0.2) is 42.7 Å². The van der Waals surface area contributed by atoms with E-state index in [2.05, 4.69) is 10.3 Å². The molecule has 0 fully saturated rings. The topological polar surface area (TPSA) is 62.2 Å². The van der Waals surface area contributed by atoms with Gasteiger partial charge in [-0.25, -0.2) is 8.78 Å². The van der Waals surface area contributed by atoms with Gasteiger partial charge in [0, 0.05) is 30.4 Å². The first-order chi connectivity index (χ1) is 10.9. The molecular weight excluding hydrogens is 302 g/mol. The molecule has 2 rings (SSSR count). The number of rotatable bonds is 6. The molecule has 1 heterocycles. The summed E-state index contributed by atoms with van der Waals surface area (Å²) in [7, 11) is 0. The Hall–Kier alpha value is -2.34. The van der Waals surface area contributed by atoms with Gasteiger partial charge in [-0.05, 0) is 37.1 Å². The van der Waals surface area contributed by atoms with Crippen molar-refractivity contribution in [1.82, 2.24) is 10.3 Å². The highest BCUT2D eigenvalue weighted by molar-refractivity contribution is 5.76. The van der Waals surface area contributed by atoms with Crippen molar-refractivity contribution < 1.29 is 18.7 Å². The summed E-state index contributed by atoms with van der Waals surface area (Å²) in [6, 6.07) is 6.58. The zero-order valence-electron chi connectivity index (χ0n) is 12.7. The second-order valence-corrected chi connectivity index (χ2v) is 5.53. The molecule has 1 unspecified atom stereocenters. The number of hydrogen-bond donors (Lipinski definition) is 2. The predicted molar refractivity (Wildman–Crippen MR) is 81.5 cm³/mol. The molecule has 0 saturated carbocycles. The maximum absolute atomic E-state index is 13.7. The smallest absolute Gasteiger partial charge is 0.220 e. The summed E-state index contributed by atoms with van der Waals surface area (Å²) in [6.07, 6.45) is 4.08. The normalized spacial score (nSPS) is 13.4. The maximum Gasteiger partial charge on any atom is 0.220 e. The first kappa shape index (κ1) is 17.0. The van der Waals surface area contributed by atoms with E-state index >= 15 is 0 Å².